The molecule has 1 saturated heterocycles. The molecule has 0 saturated carbocycles. The van der Waals surface area contributed by atoms with Gasteiger partial charge in [0.25, 0.3) is 5.91 Å². The minimum absolute atomic E-state index is 0.00935. The highest BCUT2D eigenvalue weighted by atomic mass is 32.2. The predicted molar refractivity (Wildman–Crippen MR) is 107 cm³/mol. The first-order chi connectivity index (χ1) is 12.7. The van der Waals surface area contributed by atoms with E-state index in [1.54, 1.807) is 28.4 Å². The zero-order chi connectivity index (χ0) is 19.6. The minimum atomic E-state index is -3.01. The maximum atomic E-state index is 12.5. The molecule has 3 heterocycles. The number of nitrogens with zero attached hydrogens (tertiary/aromatic N) is 3. The van der Waals surface area contributed by atoms with Crippen LogP contribution in [0.2, 0.25) is 0 Å². The summed E-state index contributed by atoms with van der Waals surface area (Å²) in [6.07, 6.45) is 1.53. The topological polar surface area (TPSA) is 92.3 Å². The second-order valence-corrected chi connectivity index (χ2v) is 10.2. The molecule has 1 fully saturated rings. The van der Waals surface area contributed by atoms with Crippen LogP contribution >= 0.6 is 11.3 Å². The number of sulfone groups is 1. The van der Waals surface area contributed by atoms with E-state index >= 15 is 0 Å². The van der Waals surface area contributed by atoms with Crippen molar-refractivity contribution in [3.05, 3.63) is 40.0 Å². The molecule has 0 bridgehead atoms. The molecular formula is C18H24N4O3S2. The molecule has 1 atom stereocenters. The molecule has 9 heteroatoms. The Balaban J connectivity index is 1.62. The van der Waals surface area contributed by atoms with Gasteiger partial charge in [0.15, 0.2) is 9.84 Å². The van der Waals surface area contributed by atoms with Crippen LogP contribution in [-0.2, 0) is 9.84 Å². The summed E-state index contributed by atoms with van der Waals surface area (Å²) in [6.45, 7) is 6.74. The molecule has 2 aromatic rings. The molecule has 2 aromatic heterocycles. The van der Waals surface area contributed by atoms with Crippen molar-refractivity contribution in [2.45, 2.75) is 32.7 Å². The first-order valence-electron chi connectivity index (χ1n) is 8.93. The molecule has 27 heavy (non-hydrogen) atoms. The lowest BCUT2D eigenvalue weighted by Gasteiger charge is -2.26. The Kier molecular flexibility index (Phi) is 5.81. The summed E-state index contributed by atoms with van der Waals surface area (Å²) in [4.78, 5) is 23.0. The quantitative estimate of drug-likeness (QED) is 0.818. The number of anilines is 1. The minimum Gasteiger partial charge on any atom is -0.362 e. The van der Waals surface area contributed by atoms with E-state index in [2.05, 4.69) is 34.5 Å². The summed E-state index contributed by atoms with van der Waals surface area (Å²) >= 11 is 1.65. The highest BCUT2D eigenvalue weighted by Gasteiger charge is 2.25. The first-order valence-corrected chi connectivity index (χ1v) is 11.6. The van der Waals surface area contributed by atoms with E-state index < -0.39 is 9.84 Å². The molecule has 3 rings (SSSR count). The molecule has 1 amide bonds. The fraction of sp³-hybridized carbons (Fsp3) is 0.500. The fourth-order valence-electron chi connectivity index (χ4n) is 2.76. The van der Waals surface area contributed by atoms with Gasteiger partial charge in [-0.2, -0.15) is 0 Å². The number of aromatic nitrogens is 2. The Morgan fingerprint density at radius 2 is 1.93 bits per heavy atom. The Hall–Kier alpha value is -2.00. The molecule has 7 nitrogen and oxygen atoms in total. The average Bonchev–Trinajstić information content (AvgIpc) is 3.12. The van der Waals surface area contributed by atoms with Gasteiger partial charge in [-0.3, -0.25) is 4.79 Å². The third-order valence-electron chi connectivity index (χ3n) is 4.48. The van der Waals surface area contributed by atoms with Crippen LogP contribution in [0.15, 0.2) is 23.7 Å². The monoisotopic (exact) mass is 408 g/mol. The van der Waals surface area contributed by atoms with Crippen molar-refractivity contribution in [1.29, 1.82) is 0 Å². The van der Waals surface area contributed by atoms with E-state index in [0.717, 1.165) is 10.7 Å². The van der Waals surface area contributed by atoms with Crippen LogP contribution in [0.25, 0.3) is 0 Å². The van der Waals surface area contributed by atoms with E-state index in [1.807, 2.05) is 6.92 Å². The van der Waals surface area contributed by atoms with Crippen LogP contribution in [0.4, 0.5) is 5.82 Å². The molecule has 0 aromatic carbocycles. The smallest absolute Gasteiger partial charge is 0.255 e. The lowest BCUT2D eigenvalue weighted by molar-refractivity contribution is 0.0770. The first kappa shape index (κ1) is 19.8. The van der Waals surface area contributed by atoms with E-state index in [9.17, 15) is 13.2 Å². The molecule has 0 radical (unpaired) electrons. The van der Waals surface area contributed by atoms with Gasteiger partial charge >= 0.3 is 0 Å². The number of thiazole rings is 1. The molecule has 1 aliphatic heterocycles. The largest absolute Gasteiger partial charge is 0.362 e. The van der Waals surface area contributed by atoms with Gasteiger partial charge in [-0.05, 0) is 19.1 Å². The highest BCUT2D eigenvalue weighted by molar-refractivity contribution is 7.91. The number of hydrogen-bond acceptors (Lipinski definition) is 7. The summed E-state index contributed by atoms with van der Waals surface area (Å²) < 4.78 is 23.0. The molecule has 146 valence electrons. The van der Waals surface area contributed by atoms with Gasteiger partial charge in [0.1, 0.15) is 5.82 Å². The van der Waals surface area contributed by atoms with Gasteiger partial charge in [0, 0.05) is 30.6 Å². The Morgan fingerprint density at radius 1 is 1.22 bits per heavy atom. The van der Waals surface area contributed by atoms with Crippen LogP contribution in [0.3, 0.4) is 0 Å². The number of rotatable bonds is 5. The standard InChI is InChI=1S/C18H24N4O3S2/c1-12(2)17-21-15(11-26-17)13(3)20-16-5-4-14(10-19-16)18(23)22-6-8-27(24,25)9-7-22/h4-5,10-13H,6-9H2,1-3H3,(H,19,20). The second-order valence-electron chi connectivity index (χ2n) is 7.01. The Morgan fingerprint density at radius 3 is 2.48 bits per heavy atom. The van der Waals surface area contributed by atoms with E-state index in [0.29, 0.717) is 17.3 Å². The number of carbonyl (C=O) groups is 1. The number of hydrogen-bond donors (Lipinski definition) is 1. The molecule has 0 spiro atoms. The van der Waals surface area contributed by atoms with Crippen LogP contribution in [-0.4, -0.2) is 53.8 Å². The third kappa shape index (κ3) is 4.84. The number of carbonyl (C=O) groups excluding carboxylic acids is 1. The van der Waals surface area contributed by atoms with Crippen molar-refractivity contribution in [3.63, 3.8) is 0 Å². The van der Waals surface area contributed by atoms with Gasteiger partial charge < -0.3 is 10.2 Å². The Labute approximate surface area is 163 Å². The van der Waals surface area contributed by atoms with E-state index in [-0.39, 0.29) is 36.5 Å². The maximum absolute atomic E-state index is 12.5. The summed E-state index contributed by atoms with van der Waals surface area (Å²) in [5, 5.41) is 6.45. The summed E-state index contributed by atoms with van der Waals surface area (Å²) in [7, 11) is -3.01. The predicted octanol–water partition coefficient (Wildman–Crippen LogP) is 2.71. The molecule has 1 N–H and O–H groups in total. The van der Waals surface area contributed by atoms with Crippen LogP contribution in [0.5, 0.6) is 0 Å². The second kappa shape index (κ2) is 7.93. The molecular weight excluding hydrogens is 384 g/mol. The van der Waals surface area contributed by atoms with E-state index in [1.165, 1.54) is 6.20 Å². The van der Waals surface area contributed by atoms with E-state index in [4.69, 9.17) is 0 Å². The van der Waals surface area contributed by atoms with Crippen LogP contribution in [0, 0.1) is 0 Å². The van der Waals surface area contributed by atoms with Crippen molar-refractivity contribution >= 4 is 32.9 Å². The van der Waals surface area contributed by atoms with Crippen LogP contribution < -0.4 is 5.32 Å². The number of nitrogens with one attached hydrogen (secondary N) is 1. The number of amides is 1. The van der Waals surface area contributed by atoms with Crippen molar-refractivity contribution < 1.29 is 13.2 Å². The zero-order valence-electron chi connectivity index (χ0n) is 15.7. The zero-order valence-corrected chi connectivity index (χ0v) is 17.3. The average molecular weight is 409 g/mol. The molecule has 0 aliphatic carbocycles. The normalized spacial score (nSPS) is 17.7. The maximum Gasteiger partial charge on any atom is 0.255 e. The lowest BCUT2D eigenvalue weighted by atomic mass is 10.2. The van der Waals surface area contributed by atoms with Gasteiger partial charge in [-0.1, -0.05) is 13.8 Å². The molecule has 1 unspecified atom stereocenters. The Bertz CT molecular complexity index is 893. The van der Waals surface area contributed by atoms with Crippen molar-refractivity contribution in [1.82, 2.24) is 14.9 Å². The van der Waals surface area contributed by atoms with Gasteiger partial charge in [0.2, 0.25) is 0 Å². The third-order valence-corrected chi connectivity index (χ3v) is 7.26. The fourth-order valence-corrected chi connectivity index (χ4v) is 4.89. The SMILES string of the molecule is CC(C)c1nc(C(C)Nc2ccc(C(=O)N3CCS(=O)(=O)CC3)cn2)cs1. The lowest BCUT2D eigenvalue weighted by Crippen LogP contribution is -2.43. The van der Waals surface area contributed by atoms with Crippen LogP contribution in [0.1, 0.15) is 53.8 Å². The van der Waals surface area contributed by atoms with Crippen molar-refractivity contribution in [2.24, 2.45) is 0 Å². The van der Waals surface area contributed by atoms with Gasteiger partial charge in [0.05, 0.1) is 33.8 Å². The summed E-state index contributed by atoms with van der Waals surface area (Å²) in [6, 6.07) is 3.49. The highest BCUT2D eigenvalue weighted by Crippen LogP contribution is 2.24. The van der Waals surface area contributed by atoms with Crippen molar-refractivity contribution in [3.8, 4) is 0 Å². The molecule has 1 aliphatic rings. The number of pyridine rings is 1. The van der Waals surface area contributed by atoms with Crippen molar-refractivity contribution in [2.75, 3.05) is 29.9 Å². The summed E-state index contributed by atoms with van der Waals surface area (Å²) in [5.41, 5.74) is 1.43. The van der Waals surface area contributed by atoms with Gasteiger partial charge in [-0.25, -0.2) is 18.4 Å². The summed E-state index contributed by atoms with van der Waals surface area (Å²) in [5.74, 6) is 0.937. The van der Waals surface area contributed by atoms with Gasteiger partial charge in [-0.15, -0.1) is 11.3 Å².